The van der Waals surface area contributed by atoms with Gasteiger partial charge in [-0.2, -0.15) is 0 Å². The number of anilines is 1. The molecule has 0 amide bonds. The minimum atomic E-state index is 0.394. The first-order valence-corrected chi connectivity index (χ1v) is 7.08. The molecule has 20 heavy (non-hydrogen) atoms. The van der Waals surface area contributed by atoms with E-state index < -0.39 is 0 Å². The molecule has 106 valence electrons. The molecule has 3 heteroatoms. The van der Waals surface area contributed by atoms with Crippen molar-refractivity contribution >= 4 is 5.82 Å². The first-order valence-electron chi connectivity index (χ1n) is 7.08. The molecule has 1 aromatic heterocycles. The minimum absolute atomic E-state index is 0.394. The molecule has 0 radical (unpaired) electrons. The maximum absolute atomic E-state index is 5.67. The van der Waals surface area contributed by atoms with Crippen molar-refractivity contribution in [3.05, 3.63) is 59.3 Å². The number of rotatable bonds is 5. The molecule has 0 aliphatic carbocycles. The molecule has 2 N–H and O–H groups in total. The molecule has 0 atom stereocenters. The number of aryl methyl sites for hydroxylation is 1. The topological polar surface area (TPSA) is 42.1 Å². The van der Waals surface area contributed by atoms with Gasteiger partial charge < -0.3 is 10.6 Å². The van der Waals surface area contributed by atoms with Crippen molar-refractivity contribution in [1.29, 1.82) is 0 Å². The maximum atomic E-state index is 5.67. The second-order valence-electron chi connectivity index (χ2n) is 5.40. The Kier molecular flexibility index (Phi) is 4.74. The van der Waals surface area contributed by atoms with Crippen LogP contribution in [0.2, 0.25) is 0 Å². The third kappa shape index (κ3) is 3.36. The van der Waals surface area contributed by atoms with Crippen LogP contribution >= 0.6 is 0 Å². The molecule has 0 aliphatic rings. The molecule has 0 aliphatic heterocycles. The summed E-state index contributed by atoms with van der Waals surface area (Å²) in [6.45, 7) is 7.90. The van der Waals surface area contributed by atoms with Gasteiger partial charge in [-0.05, 0) is 43.5 Å². The van der Waals surface area contributed by atoms with Crippen LogP contribution in [0.5, 0.6) is 0 Å². The molecule has 2 aromatic rings. The Morgan fingerprint density at radius 3 is 2.40 bits per heavy atom. The molecule has 1 heterocycles. The van der Waals surface area contributed by atoms with Crippen molar-refractivity contribution < 1.29 is 0 Å². The van der Waals surface area contributed by atoms with Gasteiger partial charge in [-0.3, -0.25) is 0 Å². The van der Waals surface area contributed by atoms with Gasteiger partial charge in [-0.15, -0.1) is 0 Å². The van der Waals surface area contributed by atoms with Crippen LogP contribution in [-0.4, -0.2) is 11.0 Å². The van der Waals surface area contributed by atoms with Crippen LogP contribution in [0.15, 0.2) is 42.6 Å². The van der Waals surface area contributed by atoms with E-state index in [2.05, 4.69) is 61.0 Å². The third-order valence-electron chi connectivity index (χ3n) is 3.43. The van der Waals surface area contributed by atoms with Crippen LogP contribution in [0.1, 0.15) is 30.5 Å². The number of hydrogen-bond acceptors (Lipinski definition) is 3. The summed E-state index contributed by atoms with van der Waals surface area (Å²) in [5.74, 6) is 1.04. The summed E-state index contributed by atoms with van der Waals surface area (Å²) >= 11 is 0. The molecule has 0 unspecified atom stereocenters. The Morgan fingerprint density at radius 2 is 1.85 bits per heavy atom. The van der Waals surface area contributed by atoms with E-state index in [-0.39, 0.29) is 0 Å². The van der Waals surface area contributed by atoms with Crippen LogP contribution in [0.4, 0.5) is 5.82 Å². The minimum Gasteiger partial charge on any atom is -0.350 e. The number of aromatic nitrogens is 1. The van der Waals surface area contributed by atoms with Gasteiger partial charge in [-0.25, -0.2) is 4.98 Å². The summed E-state index contributed by atoms with van der Waals surface area (Å²) in [6, 6.07) is 13.0. The Labute approximate surface area is 121 Å². The van der Waals surface area contributed by atoms with E-state index >= 15 is 0 Å². The van der Waals surface area contributed by atoms with Gasteiger partial charge in [0.25, 0.3) is 0 Å². The van der Waals surface area contributed by atoms with E-state index in [1.54, 1.807) is 0 Å². The smallest absolute Gasteiger partial charge is 0.131 e. The van der Waals surface area contributed by atoms with Crippen molar-refractivity contribution in [1.82, 2.24) is 4.98 Å². The fraction of sp³-hybridized carbons (Fsp3) is 0.353. The van der Waals surface area contributed by atoms with Crippen molar-refractivity contribution in [3.8, 4) is 0 Å². The second kappa shape index (κ2) is 6.53. The highest BCUT2D eigenvalue weighted by atomic mass is 15.2. The Hall–Kier alpha value is -1.87. The van der Waals surface area contributed by atoms with Gasteiger partial charge in [0.2, 0.25) is 0 Å². The summed E-state index contributed by atoms with van der Waals surface area (Å²) in [6.07, 6.45) is 1.88. The van der Waals surface area contributed by atoms with E-state index in [1.807, 2.05) is 12.3 Å². The van der Waals surface area contributed by atoms with Crippen LogP contribution in [0.25, 0.3) is 0 Å². The first-order chi connectivity index (χ1) is 9.61. The average molecular weight is 269 g/mol. The fourth-order valence-electron chi connectivity index (χ4n) is 2.32. The summed E-state index contributed by atoms with van der Waals surface area (Å²) in [5, 5.41) is 0. The predicted octanol–water partition coefficient (Wildman–Crippen LogP) is 3.26. The SMILES string of the molecule is Cc1cc(CN)cnc1N(Cc1ccccc1)C(C)C. The first kappa shape index (κ1) is 14.5. The zero-order chi connectivity index (χ0) is 14.5. The number of nitrogens with two attached hydrogens (primary N) is 1. The average Bonchev–Trinajstić information content (AvgIpc) is 2.46. The Morgan fingerprint density at radius 1 is 1.15 bits per heavy atom. The molecule has 3 nitrogen and oxygen atoms in total. The van der Waals surface area contributed by atoms with Gasteiger partial charge >= 0.3 is 0 Å². The Bertz CT molecular complexity index is 549. The normalized spacial score (nSPS) is 10.8. The summed E-state index contributed by atoms with van der Waals surface area (Å²) < 4.78 is 0. The van der Waals surface area contributed by atoms with Crippen LogP contribution in [-0.2, 0) is 13.1 Å². The van der Waals surface area contributed by atoms with Crippen molar-refractivity contribution in [2.75, 3.05) is 4.90 Å². The third-order valence-corrected chi connectivity index (χ3v) is 3.43. The zero-order valence-corrected chi connectivity index (χ0v) is 12.5. The van der Waals surface area contributed by atoms with Gasteiger partial charge in [-0.1, -0.05) is 30.3 Å². The fourth-order valence-corrected chi connectivity index (χ4v) is 2.32. The highest BCUT2D eigenvalue weighted by Gasteiger charge is 2.15. The summed E-state index contributed by atoms with van der Waals surface area (Å²) in [4.78, 5) is 6.94. The lowest BCUT2D eigenvalue weighted by Crippen LogP contribution is -2.31. The van der Waals surface area contributed by atoms with Gasteiger partial charge in [0.15, 0.2) is 0 Å². The van der Waals surface area contributed by atoms with Crippen molar-refractivity contribution in [3.63, 3.8) is 0 Å². The number of benzene rings is 1. The molecular weight excluding hydrogens is 246 g/mol. The van der Waals surface area contributed by atoms with Crippen molar-refractivity contribution in [2.45, 2.75) is 39.9 Å². The van der Waals surface area contributed by atoms with Crippen molar-refractivity contribution in [2.24, 2.45) is 5.73 Å². The molecular formula is C17H23N3. The monoisotopic (exact) mass is 269 g/mol. The quantitative estimate of drug-likeness (QED) is 0.906. The van der Waals surface area contributed by atoms with Gasteiger partial charge in [0, 0.05) is 25.3 Å². The molecule has 0 saturated heterocycles. The van der Waals surface area contributed by atoms with E-state index in [0.29, 0.717) is 12.6 Å². The summed E-state index contributed by atoms with van der Waals surface area (Å²) in [7, 11) is 0. The van der Waals surface area contributed by atoms with E-state index in [1.165, 1.54) is 11.1 Å². The number of hydrogen-bond donors (Lipinski definition) is 1. The number of nitrogens with zero attached hydrogens (tertiary/aromatic N) is 2. The molecule has 0 bridgehead atoms. The second-order valence-corrected chi connectivity index (χ2v) is 5.40. The van der Waals surface area contributed by atoms with Crippen LogP contribution in [0.3, 0.4) is 0 Å². The van der Waals surface area contributed by atoms with Crippen LogP contribution < -0.4 is 10.6 Å². The lowest BCUT2D eigenvalue weighted by Gasteiger charge is -2.29. The van der Waals surface area contributed by atoms with Crippen LogP contribution in [0, 0.1) is 6.92 Å². The van der Waals surface area contributed by atoms with E-state index in [9.17, 15) is 0 Å². The predicted molar refractivity (Wildman–Crippen MR) is 84.6 cm³/mol. The summed E-state index contributed by atoms with van der Waals surface area (Å²) in [5.41, 5.74) is 9.23. The van der Waals surface area contributed by atoms with Gasteiger partial charge in [0.05, 0.1) is 0 Å². The number of pyridine rings is 1. The lowest BCUT2D eigenvalue weighted by molar-refractivity contribution is 0.669. The van der Waals surface area contributed by atoms with E-state index in [0.717, 1.165) is 17.9 Å². The lowest BCUT2D eigenvalue weighted by atomic mass is 10.1. The molecule has 2 rings (SSSR count). The van der Waals surface area contributed by atoms with Gasteiger partial charge in [0.1, 0.15) is 5.82 Å². The maximum Gasteiger partial charge on any atom is 0.131 e. The zero-order valence-electron chi connectivity index (χ0n) is 12.5. The molecule has 1 aromatic carbocycles. The molecule has 0 fully saturated rings. The standard InChI is InChI=1S/C17H23N3/c1-13(2)20(12-15-7-5-4-6-8-15)17-14(3)9-16(10-18)11-19-17/h4-9,11,13H,10,12,18H2,1-3H3. The molecule has 0 spiro atoms. The highest BCUT2D eigenvalue weighted by molar-refractivity contribution is 5.48. The highest BCUT2D eigenvalue weighted by Crippen LogP contribution is 2.22. The van der Waals surface area contributed by atoms with E-state index in [4.69, 9.17) is 5.73 Å². The Balaban J connectivity index is 2.29. The molecule has 0 saturated carbocycles. The largest absolute Gasteiger partial charge is 0.350 e.